The SMILES string of the molecule is O=C(O)C(NCc1nc2ccccc2s1)c1ccccc1. The molecule has 2 aromatic carbocycles. The lowest BCUT2D eigenvalue weighted by atomic mass is 10.1. The van der Waals surface area contributed by atoms with Gasteiger partial charge in [0.2, 0.25) is 0 Å². The molecular formula is C16H14N2O2S. The second-order valence-electron chi connectivity index (χ2n) is 4.64. The topological polar surface area (TPSA) is 62.2 Å². The van der Waals surface area contributed by atoms with Crippen LogP contribution in [-0.4, -0.2) is 16.1 Å². The summed E-state index contributed by atoms with van der Waals surface area (Å²) in [4.78, 5) is 15.9. The minimum Gasteiger partial charge on any atom is -0.480 e. The smallest absolute Gasteiger partial charge is 0.325 e. The van der Waals surface area contributed by atoms with Crippen LogP contribution in [0.15, 0.2) is 54.6 Å². The van der Waals surface area contributed by atoms with Gasteiger partial charge in [-0.2, -0.15) is 0 Å². The van der Waals surface area contributed by atoms with Crippen molar-refractivity contribution < 1.29 is 9.90 Å². The maximum Gasteiger partial charge on any atom is 0.325 e. The number of hydrogen-bond donors (Lipinski definition) is 2. The molecular weight excluding hydrogens is 284 g/mol. The van der Waals surface area contributed by atoms with Gasteiger partial charge in [-0.3, -0.25) is 10.1 Å². The van der Waals surface area contributed by atoms with E-state index in [-0.39, 0.29) is 0 Å². The van der Waals surface area contributed by atoms with Crippen molar-refractivity contribution in [3.63, 3.8) is 0 Å². The molecule has 0 radical (unpaired) electrons. The van der Waals surface area contributed by atoms with Gasteiger partial charge >= 0.3 is 5.97 Å². The molecule has 0 spiro atoms. The fourth-order valence-electron chi connectivity index (χ4n) is 2.18. The number of carboxylic acid groups (broad SMARTS) is 1. The molecule has 0 aliphatic carbocycles. The molecule has 1 atom stereocenters. The number of fused-ring (bicyclic) bond motifs is 1. The molecule has 1 unspecified atom stereocenters. The quantitative estimate of drug-likeness (QED) is 0.759. The molecule has 5 heteroatoms. The first-order valence-corrected chi connectivity index (χ1v) is 7.41. The van der Waals surface area contributed by atoms with Crippen molar-refractivity contribution >= 4 is 27.5 Å². The van der Waals surface area contributed by atoms with Crippen LogP contribution in [0.25, 0.3) is 10.2 Å². The Labute approximate surface area is 126 Å². The first-order valence-electron chi connectivity index (χ1n) is 6.59. The monoisotopic (exact) mass is 298 g/mol. The Bertz CT molecular complexity index is 722. The van der Waals surface area contributed by atoms with Crippen LogP contribution in [0.5, 0.6) is 0 Å². The molecule has 0 bridgehead atoms. The summed E-state index contributed by atoms with van der Waals surface area (Å²) in [6.07, 6.45) is 0. The van der Waals surface area contributed by atoms with Crippen LogP contribution in [0.3, 0.4) is 0 Å². The molecule has 0 saturated carbocycles. The third kappa shape index (κ3) is 3.09. The Morgan fingerprint density at radius 1 is 1.14 bits per heavy atom. The maximum absolute atomic E-state index is 11.4. The van der Waals surface area contributed by atoms with Gasteiger partial charge < -0.3 is 5.11 Å². The largest absolute Gasteiger partial charge is 0.480 e. The molecule has 106 valence electrons. The minimum atomic E-state index is -0.887. The van der Waals surface area contributed by atoms with Crippen molar-refractivity contribution in [2.75, 3.05) is 0 Å². The van der Waals surface area contributed by atoms with E-state index in [0.29, 0.717) is 6.54 Å². The fraction of sp³-hybridized carbons (Fsp3) is 0.125. The normalized spacial score (nSPS) is 12.4. The minimum absolute atomic E-state index is 0.436. The van der Waals surface area contributed by atoms with Crippen molar-refractivity contribution in [3.05, 3.63) is 65.2 Å². The molecule has 0 aliphatic rings. The van der Waals surface area contributed by atoms with Gasteiger partial charge in [0.1, 0.15) is 11.0 Å². The summed E-state index contributed by atoms with van der Waals surface area (Å²) in [5, 5.41) is 13.3. The van der Waals surface area contributed by atoms with Gasteiger partial charge in [-0.1, -0.05) is 42.5 Å². The number of para-hydroxylation sites is 1. The van der Waals surface area contributed by atoms with Crippen molar-refractivity contribution in [1.82, 2.24) is 10.3 Å². The molecule has 2 N–H and O–H groups in total. The zero-order valence-corrected chi connectivity index (χ0v) is 12.0. The van der Waals surface area contributed by atoms with Gasteiger partial charge in [0.15, 0.2) is 0 Å². The van der Waals surface area contributed by atoms with Crippen LogP contribution in [0, 0.1) is 0 Å². The van der Waals surface area contributed by atoms with E-state index in [1.165, 1.54) is 0 Å². The zero-order valence-electron chi connectivity index (χ0n) is 11.2. The van der Waals surface area contributed by atoms with Gasteiger partial charge in [-0.15, -0.1) is 11.3 Å². The molecule has 1 aromatic heterocycles. The number of rotatable bonds is 5. The lowest BCUT2D eigenvalue weighted by Crippen LogP contribution is -2.27. The number of carboxylic acids is 1. The number of benzene rings is 2. The predicted octanol–water partition coefficient (Wildman–Crippen LogP) is 3.21. The van der Waals surface area contributed by atoms with E-state index in [2.05, 4.69) is 10.3 Å². The summed E-state index contributed by atoms with van der Waals surface area (Å²) in [7, 11) is 0. The highest BCUT2D eigenvalue weighted by Gasteiger charge is 2.19. The fourth-order valence-corrected chi connectivity index (χ4v) is 3.10. The average molecular weight is 298 g/mol. The second-order valence-corrected chi connectivity index (χ2v) is 5.75. The van der Waals surface area contributed by atoms with E-state index in [4.69, 9.17) is 0 Å². The van der Waals surface area contributed by atoms with Crippen LogP contribution in [0.2, 0.25) is 0 Å². The van der Waals surface area contributed by atoms with Crippen molar-refractivity contribution in [3.8, 4) is 0 Å². The molecule has 0 amide bonds. The number of aliphatic carboxylic acids is 1. The van der Waals surface area contributed by atoms with E-state index in [1.807, 2.05) is 54.6 Å². The lowest BCUT2D eigenvalue weighted by molar-refractivity contribution is -0.139. The van der Waals surface area contributed by atoms with Gasteiger partial charge in [0.25, 0.3) is 0 Å². The summed E-state index contributed by atoms with van der Waals surface area (Å²) < 4.78 is 1.11. The van der Waals surface area contributed by atoms with Gasteiger partial charge in [-0.05, 0) is 17.7 Å². The van der Waals surface area contributed by atoms with Crippen LogP contribution < -0.4 is 5.32 Å². The number of hydrogen-bond acceptors (Lipinski definition) is 4. The molecule has 3 rings (SSSR count). The molecule has 4 nitrogen and oxygen atoms in total. The highest BCUT2D eigenvalue weighted by Crippen LogP contribution is 2.22. The van der Waals surface area contributed by atoms with Gasteiger partial charge in [0, 0.05) is 6.54 Å². The van der Waals surface area contributed by atoms with Crippen LogP contribution in [0.4, 0.5) is 0 Å². The molecule has 0 aliphatic heterocycles. The number of nitrogens with one attached hydrogen (secondary N) is 1. The van der Waals surface area contributed by atoms with Crippen LogP contribution in [-0.2, 0) is 11.3 Å². The summed E-state index contributed by atoms with van der Waals surface area (Å²) in [6.45, 7) is 0.436. The Balaban J connectivity index is 1.76. The van der Waals surface area contributed by atoms with E-state index < -0.39 is 12.0 Å². The van der Waals surface area contributed by atoms with E-state index in [9.17, 15) is 9.90 Å². The number of nitrogens with zero attached hydrogens (tertiary/aromatic N) is 1. The van der Waals surface area contributed by atoms with Crippen molar-refractivity contribution in [1.29, 1.82) is 0 Å². The molecule has 21 heavy (non-hydrogen) atoms. The Morgan fingerprint density at radius 2 is 1.86 bits per heavy atom. The van der Waals surface area contributed by atoms with Gasteiger partial charge in [0.05, 0.1) is 10.2 Å². The summed E-state index contributed by atoms with van der Waals surface area (Å²) >= 11 is 1.58. The first-order chi connectivity index (χ1) is 10.2. The lowest BCUT2D eigenvalue weighted by Gasteiger charge is -2.13. The summed E-state index contributed by atoms with van der Waals surface area (Å²) in [5.74, 6) is -0.887. The van der Waals surface area contributed by atoms with Crippen LogP contribution >= 0.6 is 11.3 Å². The van der Waals surface area contributed by atoms with E-state index >= 15 is 0 Å². The molecule has 0 saturated heterocycles. The number of thiazole rings is 1. The molecule has 3 aromatic rings. The third-order valence-corrected chi connectivity index (χ3v) is 4.21. The van der Waals surface area contributed by atoms with E-state index in [0.717, 1.165) is 20.8 Å². The Morgan fingerprint density at radius 3 is 2.57 bits per heavy atom. The third-order valence-electron chi connectivity index (χ3n) is 3.18. The molecule has 0 fully saturated rings. The maximum atomic E-state index is 11.4. The average Bonchev–Trinajstić information content (AvgIpc) is 2.91. The summed E-state index contributed by atoms with van der Waals surface area (Å²) in [5.41, 5.74) is 1.69. The Kier molecular flexibility index (Phi) is 3.94. The van der Waals surface area contributed by atoms with Gasteiger partial charge in [-0.25, -0.2) is 4.98 Å². The standard InChI is InChI=1S/C16H14N2O2S/c19-16(20)15(11-6-2-1-3-7-11)17-10-14-18-12-8-4-5-9-13(12)21-14/h1-9,15,17H,10H2,(H,19,20). The highest BCUT2D eigenvalue weighted by molar-refractivity contribution is 7.18. The van der Waals surface area contributed by atoms with Crippen LogP contribution in [0.1, 0.15) is 16.6 Å². The highest BCUT2D eigenvalue weighted by atomic mass is 32.1. The van der Waals surface area contributed by atoms with E-state index in [1.54, 1.807) is 11.3 Å². The predicted molar refractivity (Wildman–Crippen MR) is 83.3 cm³/mol. The first kappa shape index (κ1) is 13.7. The zero-order chi connectivity index (χ0) is 14.7. The number of aromatic nitrogens is 1. The summed E-state index contributed by atoms with van der Waals surface area (Å²) in [6, 6.07) is 16.3. The van der Waals surface area contributed by atoms with Crippen molar-refractivity contribution in [2.45, 2.75) is 12.6 Å². The molecule has 1 heterocycles. The second kappa shape index (κ2) is 6.03. The number of carbonyl (C=O) groups is 1. The Hall–Kier alpha value is -2.24. The van der Waals surface area contributed by atoms with Crippen molar-refractivity contribution in [2.24, 2.45) is 0 Å².